The van der Waals surface area contributed by atoms with Crippen LogP contribution in [0.1, 0.15) is 29.7 Å². The monoisotopic (exact) mass is 380 g/mol. The standard InChI is InChI=1S/C20H20N4O4/c1-11-4-5-12(2)16(10-11)22-19(25)17-13(3)21-20(26)23-18(17)14-6-8-15(9-7-14)24(27)28/h4-10,18H,1-3H3,(H,22,25)(H2,21,23,26)/t18-/m0/s1. The second-order valence-corrected chi connectivity index (χ2v) is 6.69. The molecule has 2 aromatic carbocycles. The number of allylic oxidation sites excluding steroid dienone is 1. The maximum Gasteiger partial charge on any atom is 0.319 e. The molecule has 1 aliphatic heterocycles. The van der Waals surface area contributed by atoms with Crippen LogP contribution in [-0.2, 0) is 4.79 Å². The van der Waals surface area contributed by atoms with Gasteiger partial charge in [0.2, 0.25) is 0 Å². The zero-order valence-electron chi connectivity index (χ0n) is 15.7. The van der Waals surface area contributed by atoms with E-state index in [9.17, 15) is 19.7 Å². The fourth-order valence-corrected chi connectivity index (χ4v) is 3.09. The van der Waals surface area contributed by atoms with Crippen LogP contribution in [0.2, 0.25) is 0 Å². The molecule has 3 amide bonds. The number of anilines is 1. The van der Waals surface area contributed by atoms with Gasteiger partial charge < -0.3 is 16.0 Å². The van der Waals surface area contributed by atoms with Gasteiger partial charge in [0.25, 0.3) is 11.6 Å². The predicted molar refractivity (Wildman–Crippen MR) is 105 cm³/mol. The number of non-ortho nitro benzene ring substituents is 1. The largest absolute Gasteiger partial charge is 0.327 e. The average Bonchev–Trinajstić information content (AvgIpc) is 2.64. The number of nitro benzene ring substituents is 1. The molecule has 0 radical (unpaired) electrons. The van der Waals surface area contributed by atoms with Crippen molar-refractivity contribution in [2.45, 2.75) is 26.8 Å². The highest BCUT2D eigenvalue weighted by atomic mass is 16.6. The summed E-state index contributed by atoms with van der Waals surface area (Å²) < 4.78 is 0. The summed E-state index contributed by atoms with van der Waals surface area (Å²) in [6.45, 7) is 5.47. The molecule has 0 bridgehead atoms. The fourth-order valence-electron chi connectivity index (χ4n) is 3.09. The molecule has 2 aromatic rings. The van der Waals surface area contributed by atoms with Crippen molar-refractivity contribution in [3.05, 3.63) is 80.5 Å². The van der Waals surface area contributed by atoms with Crippen LogP contribution < -0.4 is 16.0 Å². The summed E-state index contributed by atoms with van der Waals surface area (Å²) in [6, 6.07) is 10.3. The zero-order valence-corrected chi connectivity index (χ0v) is 15.7. The van der Waals surface area contributed by atoms with Crippen molar-refractivity contribution in [3.8, 4) is 0 Å². The second-order valence-electron chi connectivity index (χ2n) is 6.69. The van der Waals surface area contributed by atoms with Crippen LogP contribution in [0.4, 0.5) is 16.2 Å². The third kappa shape index (κ3) is 3.85. The summed E-state index contributed by atoms with van der Waals surface area (Å²) in [5.41, 5.74) is 3.89. The molecule has 144 valence electrons. The first-order chi connectivity index (χ1) is 13.3. The van der Waals surface area contributed by atoms with Gasteiger partial charge in [-0.1, -0.05) is 12.1 Å². The number of benzene rings is 2. The Labute approximate surface area is 161 Å². The quantitative estimate of drug-likeness (QED) is 0.556. The van der Waals surface area contributed by atoms with Crippen molar-refractivity contribution in [3.63, 3.8) is 0 Å². The van der Waals surface area contributed by atoms with E-state index in [4.69, 9.17) is 0 Å². The van der Waals surface area contributed by atoms with Gasteiger partial charge in [-0.25, -0.2) is 4.79 Å². The average molecular weight is 380 g/mol. The van der Waals surface area contributed by atoms with E-state index in [2.05, 4.69) is 16.0 Å². The van der Waals surface area contributed by atoms with Gasteiger partial charge >= 0.3 is 6.03 Å². The highest BCUT2D eigenvalue weighted by Crippen LogP contribution is 2.29. The Morgan fingerprint density at radius 1 is 1.11 bits per heavy atom. The lowest BCUT2D eigenvalue weighted by molar-refractivity contribution is -0.384. The van der Waals surface area contributed by atoms with Gasteiger partial charge in [-0.15, -0.1) is 0 Å². The van der Waals surface area contributed by atoms with E-state index in [1.807, 2.05) is 32.0 Å². The molecule has 1 heterocycles. The number of carbonyl (C=O) groups is 2. The molecular weight excluding hydrogens is 360 g/mol. The van der Waals surface area contributed by atoms with E-state index in [0.717, 1.165) is 11.1 Å². The second kappa shape index (κ2) is 7.51. The molecule has 0 saturated carbocycles. The normalized spacial score (nSPS) is 16.2. The molecule has 3 N–H and O–H groups in total. The summed E-state index contributed by atoms with van der Waals surface area (Å²) in [4.78, 5) is 35.4. The molecule has 1 atom stereocenters. The lowest BCUT2D eigenvalue weighted by Gasteiger charge is -2.28. The number of nitrogens with one attached hydrogen (secondary N) is 3. The van der Waals surface area contributed by atoms with Crippen molar-refractivity contribution in [2.24, 2.45) is 0 Å². The van der Waals surface area contributed by atoms with Crippen molar-refractivity contribution < 1.29 is 14.5 Å². The lowest BCUT2D eigenvalue weighted by Crippen LogP contribution is -2.46. The van der Waals surface area contributed by atoms with Crippen molar-refractivity contribution in [2.75, 3.05) is 5.32 Å². The van der Waals surface area contributed by atoms with Crippen LogP contribution in [0.5, 0.6) is 0 Å². The Bertz CT molecular complexity index is 996. The van der Waals surface area contributed by atoms with E-state index in [1.165, 1.54) is 24.3 Å². The fraction of sp³-hybridized carbons (Fsp3) is 0.200. The number of hydrogen-bond donors (Lipinski definition) is 3. The number of hydrogen-bond acceptors (Lipinski definition) is 4. The summed E-state index contributed by atoms with van der Waals surface area (Å²) in [7, 11) is 0. The molecule has 8 heteroatoms. The highest BCUT2D eigenvalue weighted by Gasteiger charge is 2.31. The van der Waals surface area contributed by atoms with Crippen LogP contribution in [0, 0.1) is 24.0 Å². The summed E-state index contributed by atoms with van der Waals surface area (Å²) >= 11 is 0. The van der Waals surface area contributed by atoms with Crippen molar-refractivity contribution >= 4 is 23.3 Å². The number of rotatable bonds is 4. The first-order valence-corrected chi connectivity index (χ1v) is 8.67. The van der Waals surface area contributed by atoms with Crippen molar-refractivity contribution in [1.82, 2.24) is 10.6 Å². The molecule has 0 aromatic heterocycles. The van der Waals surface area contributed by atoms with Crippen LogP contribution >= 0.6 is 0 Å². The van der Waals surface area contributed by atoms with Gasteiger partial charge in [0.15, 0.2) is 0 Å². The van der Waals surface area contributed by atoms with Gasteiger partial charge in [0, 0.05) is 23.5 Å². The number of amides is 3. The summed E-state index contributed by atoms with van der Waals surface area (Å²) in [5.74, 6) is -0.359. The maximum absolute atomic E-state index is 13.0. The molecular formula is C20H20N4O4. The third-order valence-corrected chi connectivity index (χ3v) is 4.59. The minimum absolute atomic E-state index is 0.0638. The Kier molecular flexibility index (Phi) is 5.12. The van der Waals surface area contributed by atoms with Crippen LogP contribution in [-0.4, -0.2) is 16.9 Å². The topological polar surface area (TPSA) is 113 Å². The number of nitro groups is 1. The number of nitrogens with zero attached hydrogens (tertiary/aromatic N) is 1. The number of aryl methyl sites for hydroxylation is 2. The van der Waals surface area contributed by atoms with E-state index in [0.29, 0.717) is 22.5 Å². The van der Waals surface area contributed by atoms with Gasteiger partial charge in [0.05, 0.1) is 16.5 Å². The molecule has 1 aliphatic rings. The molecule has 8 nitrogen and oxygen atoms in total. The SMILES string of the molecule is CC1=C(C(=O)Nc2cc(C)ccc2C)[C@H](c2ccc([N+](=O)[O-])cc2)NC(=O)N1. The summed E-state index contributed by atoms with van der Waals surface area (Å²) in [5, 5.41) is 19.1. The van der Waals surface area contributed by atoms with Gasteiger partial charge in [-0.3, -0.25) is 14.9 Å². The molecule has 28 heavy (non-hydrogen) atoms. The molecule has 0 fully saturated rings. The lowest BCUT2D eigenvalue weighted by atomic mass is 9.94. The highest BCUT2D eigenvalue weighted by molar-refractivity contribution is 6.07. The Morgan fingerprint density at radius 3 is 2.43 bits per heavy atom. The van der Waals surface area contributed by atoms with E-state index < -0.39 is 17.0 Å². The van der Waals surface area contributed by atoms with Crippen LogP contribution in [0.15, 0.2) is 53.7 Å². The van der Waals surface area contributed by atoms with Gasteiger partial charge in [-0.05, 0) is 55.7 Å². The van der Waals surface area contributed by atoms with E-state index >= 15 is 0 Å². The van der Waals surface area contributed by atoms with E-state index in [1.54, 1.807) is 6.92 Å². The molecule has 0 aliphatic carbocycles. The number of carbonyl (C=O) groups excluding carboxylic acids is 2. The minimum atomic E-state index is -0.723. The summed E-state index contributed by atoms with van der Waals surface area (Å²) in [6.07, 6.45) is 0. The maximum atomic E-state index is 13.0. The smallest absolute Gasteiger partial charge is 0.319 e. The third-order valence-electron chi connectivity index (χ3n) is 4.59. The van der Waals surface area contributed by atoms with Gasteiger partial charge in [-0.2, -0.15) is 0 Å². The zero-order chi connectivity index (χ0) is 20.4. The van der Waals surface area contributed by atoms with Crippen molar-refractivity contribution in [1.29, 1.82) is 0 Å². The first kappa shape index (κ1) is 19.1. The molecule has 0 spiro atoms. The van der Waals surface area contributed by atoms with Gasteiger partial charge in [0.1, 0.15) is 0 Å². The predicted octanol–water partition coefficient (Wildman–Crippen LogP) is 3.48. The molecule has 0 unspecified atom stereocenters. The Hall–Kier alpha value is -3.68. The van der Waals surface area contributed by atoms with Crippen LogP contribution in [0.3, 0.4) is 0 Å². The van der Waals surface area contributed by atoms with Crippen LogP contribution in [0.25, 0.3) is 0 Å². The Balaban J connectivity index is 1.96. The molecule has 0 saturated heterocycles. The first-order valence-electron chi connectivity index (χ1n) is 8.67. The minimum Gasteiger partial charge on any atom is -0.327 e. The Morgan fingerprint density at radius 2 is 1.79 bits per heavy atom. The van der Waals surface area contributed by atoms with E-state index in [-0.39, 0.29) is 11.6 Å². The number of urea groups is 1. The molecule has 3 rings (SSSR count).